The number of terminal acetylenes is 1. The van der Waals surface area contributed by atoms with Gasteiger partial charge in [0.1, 0.15) is 5.60 Å². The number of nitrogens with one attached hydrogen (secondary N) is 1. The van der Waals surface area contributed by atoms with Crippen LogP contribution in [0.1, 0.15) is 40.5 Å². The molecular weight excluding hydrogens is 190 g/mol. The zero-order valence-corrected chi connectivity index (χ0v) is 9.89. The fraction of sp³-hybridized carbons (Fsp3) is 0.750. The van der Waals surface area contributed by atoms with Gasteiger partial charge in [-0.25, -0.2) is 4.79 Å². The van der Waals surface area contributed by atoms with Crippen molar-refractivity contribution >= 4 is 6.09 Å². The molecule has 0 radical (unpaired) electrons. The summed E-state index contributed by atoms with van der Waals surface area (Å²) in [5.41, 5.74) is -0.483. The molecule has 1 amide bonds. The molecule has 15 heavy (non-hydrogen) atoms. The number of hydrogen-bond donors (Lipinski definition) is 1. The van der Waals surface area contributed by atoms with Crippen molar-refractivity contribution in [3.63, 3.8) is 0 Å². The Morgan fingerprint density at radius 2 is 2.07 bits per heavy atom. The molecule has 0 bridgehead atoms. The van der Waals surface area contributed by atoms with Crippen molar-refractivity contribution in [3.8, 4) is 12.3 Å². The van der Waals surface area contributed by atoms with Gasteiger partial charge < -0.3 is 10.1 Å². The quantitative estimate of drug-likeness (QED) is 0.673. The number of carbonyl (C=O) groups excluding carboxylic acids is 1. The Bertz CT molecular complexity index is 290. The first kappa shape index (κ1) is 11.9. The van der Waals surface area contributed by atoms with E-state index in [1.165, 1.54) is 0 Å². The lowest BCUT2D eigenvalue weighted by Crippen LogP contribution is -2.50. The molecule has 1 fully saturated rings. The van der Waals surface area contributed by atoms with Crippen LogP contribution in [0.3, 0.4) is 0 Å². The zero-order valence-electron chi connectivity index (χ0n) is 9.89. The molecule has 0 heterocycles. The van der Waals surface area contributed by atoms with Gasteiger partial charge in [0.05, 0.1) is 0 Å². The van der Waals surface area contributed by atoms with Crippen molar-refractivity contribution in [2.45, 2.75) is 52.2 Å². The van der Waals surface area contributed by atoms with Gasteiger partial charge in [-0.3, -0.25) is 0 Å². The summed E-state index contributed by atoms with van der Waals surface area (Å²) in [6, 6.07) is 0.167. The van der Waals surface area contributed by atoms with Crippen molar-refractivity contribution in [1.82, 2.24) is 5.32 Å². The van der Waals surface area contributed by atoms with Crippen LogP contribution in [0.25, 0.3) is 0 Å². The number of amides is 1. The molecular formula is C12H19NO2. The third-order valence-electron chi connectivity index (χ3n) is 2.46. The molecule has 0 aliphatic heterocycles. The molecule has 1 aliphatic carbocycles. The van der Waals surface area contributed by atoms with Gasteiger partial charge >= 0.3 is 6.09 Å². The van der Waals surface area contributed by atoms with Crippen LogP contribution in [-0.2, 0) is 4.74 Å². The second-order valence-corrected chi connectivity index (χ2v) is 5.46. The zero-order chi connectivity index (χ0) is 11.7. The Morgan fingerprint density at radius 1 is 1.53 bits per heavy atom. The summed E-state index contributed by atoms with van der Waals surface area (Å²) < 4.78 is 5.14. The van der Waals surface area contributed by atoms with Gasteiger partial charge in [-0.2, -0.15) is 0 Å². The van der Waals surface area contributed by atoms with Crippen molar-refractivity contribution < 1.29 is 9.53 Å². The van der Waals surface area contributed by atoms with E-state index in [0.717, 1.165) is 12.8 Å². The van der Waals surface area contributed by atoms with Crippen LogP contribution in [-0.4, -0.2) is 17.7 Å². The lowest BCUT2D eigenvalue weighted by molar-refractivity contribution is 0.0427. The minimum atomic E-state index is -0.441. The fourth-order valence-electron chi connectivity index (χ4n) is 1.72. The minimum absolute atomic E-state index is 0.0420. The third-order valence-corrected chi connectivity index (χ3v) is 2.46. The molecule has 0 saturated heterocycles. The number of carbonyl (C=O) groups is 1. The molecule has 0 spiro atoms. The maximum absolute atomic E-state index is 11.4. The molecule has 0 atom stereocenters. The molecule has 1 saturated carbocycles. The van der Waals surface area contributed by atoms with Crippen molar-refractivity contribution in [1.29, 1.82) is 0 Å². The molecule has 1 aliphatic rings. The highest BCUT2D eigenvalue weighted by Gasteiger charge is 2.40. The van der Waals surface area contributed by atoms with E-state index in [-0.39, 0.29) is 17.6 Å². The molecule has 0 aromatic heterocycles. The maximum Gasteiger partial charge on any atom is 0.407 e. The van der Waals surface area contributed by atoms with E-state index in [1.54, 1.807) is 0 Å². The summed E-state index contributed by atoms with van der Waals surface area (Å²) >= 11 is 0. The summed E-state index contributed by atoms with van der Waals surface area (Å²) in [7, 11) is 0. The Kier molecular flexibility index (Phi) is 2.99. The van der Waals surface area contributed by atoms with Gasteiger partial charge in [-0.1, -0.05) is 0 Å². The summed E-state index contributed by atoms with van der Waals surface area (Å²) in [5, 5.41) is 2.81. The molecule has 1 rings (SSSR count). The van der Waals surface area contributed by atoms with E-state index in [1.807, 2.05) is 27.7 Å². The normalized spacial score (nSPS) is 29.9. The van der Waals surface area contributed by atoms with E-state index in [9.17, 15) is 4.79 Å². The standard InChI is InChI=1S/C12H19NO2/c1-6-12(5)7-9(8-12)13-10(14)15-11(2,3)4/h1,9H,7-8H2,2-5H3,(H,13,14). The smallest absolute Gasteiger partial charge is 0.407 e. The second-order valence-electron chi connectivity index (χ2n) is 5.46. The molecule has 84 valence electrons. The van der Waals surface area contributed by atoms with Gasteiger partial charge in [0.25, 0.3) is 0 Å². The Morgan fingerprint density at radius 3 is 2.47 bits per heavy atom. The van der Waals surface area contributed by atoms with Crippen LogP contribution in [0, 0.1) is 17.8 Å². The highest BCUT2D eigenvalue weighted by molar-refractivity contribution is 5.68. The number of rotatable bonds is 1. The van der Waals surface area contributed by atoms with Gasteiger partial charge in [0.15, 0.2) is 0 Å². The minimum Gasteiger partial charge on any atom is -0.444 e. The Balaban J connectivity index is 2.29. The fourth-order valence-corrected chi connectivity index (χ4v) is 1.72. The molecule has 0 unspecified atom stereocenters. The van der Waals surface area contributed by atoms with Crippen LogP contribution in [0.5, 0.6) is 0 Å². The summed E-state index contributed by atoms with van der Waals surface area (Å²) in [4.78, 5) is 11.4. The second kappa shape index (κ2) is 3.77. The lowest BCUT2D eigenvalue weighted by Gasteiger charge is -2.41. The molecule has 3 nitrogen and oxygen atoms in total. The van der Waals surface area contributed by atoms with Crippen LogP contribution in [0.15, 0.2) is 0 Å². The Hall–Kier alpha value is -1.17. The predicted octanol–water partition coefficient (Wildman–Crippen LogP) is 2.31. The van der Waals surface area contributed by atoms with Gasteiger partial charge in [0, 0.05) is 11.5 Å². The average Bonchev–Trinajstić information content (AvgIpc) is 1.97. The van der Waals surface area contributed by atoms with Crippen LogP contribution in [0.2, 0.25) is 0 Å². The van der Waals surface area contributed by atoms with Crippen molar-refractivity contribution in [2.75, 3.05) is 0 Å². The maximum atomic E-state index is 11.4. The first-order chi connectivity index (χ1) is 6.74. The molecule has 0 aromatic carbocycles. The van der Waals surface area contributed by atoms with Gasteiger partial charge in [-0.05, 0) is 40.5 Å². The first-order valence-corrected chi connectivity index (χ1v) is 5.21. The van der Waals surface area contributed by atoms with Crippen LogP contribution < -0.4 is 5.32 Å². The molecule has 3 heteroatoms. The Labute approximate surface area is 91.6 Å². The SMILES string of the molecule is C#CC1(C)CC(NC(=O)OC(C)(C)C)C1. The monoisotopic (exact) mass is 209 g/mol. The van der Waals surface area contributed by atoms with Crippen LogP contribution in [0.4, 0.5) is 4.79 Å². The molecule has 0 aromatic rings. The predicted molar refractivity (Wildman–Crippen MR) is 59.3 cm³/mol. The topological polar surface area (TPSA) is 38.3 Å². The van der Waals surface area contributed by atoms with E-state index >= 15 is 0 Å². The van der Waals surface area contributed by atoms with Gasteiger partial charge in [-0.15, -0.1) is 12.3 Å². The highest BCUT2D eigenvalue weighted by atomic mass is 16.6. The third kappa shape index (κ3) is 3.47. The largest absolute Gasteiger partial charge is 0.444 e. The van der Waals surface area contributed by atoms with Crippen LogP contribution >= 0.6 is 0 Å². The lowest BCUT2D eigenvalue weighted by atomic mass is 9.67. The van der Waals surface area contributed by atoms with Crippen molar-refractivity contribution in [3.05, 3.63) is 0 Å². The number of hydrogen-bond acceptors (Lipinski definition) is 2. The van der Waals surface area contributed by atoms with E-state index in [4.69, 9.17) is 11.2 Å². The van der Waals surface area contributed by atoms with E-state index in [2.05, 4.69) is 11.2 Å². The van der Waals surface area contributed by atoms with E-state index < -0.39 is 5.60 Å². The van der Waals surface area contributed by atoms with E-state index in [0.29, 0.717) is 0 Å². The number of alkyl carbamates (subject to hydrolysis) is 1. The summed E-state index contributed by atoms with van der Waals surface area (Å²) in [6.07, 6.45) is 6.69. The summed E-state index contributed by atoms with van der Waals surface area (Å²) in [6.45, 7) is 7.57. The first-order valence-electron chi connectivity index (χ1n) is 5.21. The average molecular weight is 209 g/mol. The van der Waals surface area contributed by atoms with Gasteiger partial charge in [0.2, 0.25) is 0 Å². The highest BCUT2D eigenvalue weighted by Crippen LogP contribution is 2.39. The number of ether oxygens (including phenoxy) is 1. The van der Waals surface area contributed by atoms with Crippen molar-refractivity contribution in [2.24, 2.45) is 5.41 Å². The molecule has 1 N–H and O–H groups in total. The summed E-state index contributed by atoms with van der Waals surface area (Å²) in [5.74, 6) is 2.74.